The van der Waals surface area contributed by atoms with Crippen LogP contribution in [0.1, 0.15) is 19.3 Å². The zero-order valence-corrected chi connectivity index (χ0v) is 7.37. The Kier molecular flexibility index (Phi) is 2.87. The van der Waals surface area contributed by atoms with Crippen molar-refractivity contribution in [3.63, 3.8) is 0 Å². The Bertz CT molecular complexity index is 267. The van der Waals surface area contributed by atoms with Crippen molar-refractivity contribution >= 4 is 10.1 Å². The lowest BCUT2D eigenvalue weighted by atomic mass is 9.95. The molecule has 2 N–H and O–H groups in total. The summed E-state index contributed by atoms with van der Waals surface area (Å²) in [5.41, 5.74) is -1.62. The topological polar surface area (TPSA) is 74.6 Å². The van der Waals surface area contributed by atoms with Crippen molar-refractivity contribution in [3.05, 3.63) is 12.2 Å². The molecule has 5 heteroatoms. The summed E-state index contributed by atoms with van der Waals surface area (Å²) in [6.07, 6.45) is 5.64. The summed E-state index contributed by atoms with van der Waals surface area (Å²) >= 11 is 0. The van der Waals surface area contributed by atoms with E-state index in [4.69, 9.17) is 9.66 Å². The maximum atomic E-state index is 10.5. The largest absolute Gasteiger partial charge is 0.375 e. The van der Waals surface area contributed by atoms with Crippen LogP contribution in [-0.4, -0.2) is 23.5 Å². The van der Waals surface area contributed by atoms with Crippen LogP contribution in [0.5, 0.6) is 0 Å². The molecule has 0 amide bonds. The van der Waals surface area contributed by atoms with E-state index in [0.717, 1.165) is 6.42 Å². The molecular weight excluding hydrogens is 180 g/mol. The molecule has 0 aromatic carbocycles. The van der Waals surface area contributed by atoms with Gasteiger partial charge in [0.15, 0.2) is 5.44 Å². The Labute approximate surface area is 71.7 Å². The summed E-state index contributed by atoms with van der Waals surface area (Å²) in [7, 11) is -4.28. The second kappa shape index (κ2) is 3.55. The van der Waals surface area contributed by atoms with Gasteiger partial charge in [0.2, 0.25) is 0 Å². The van der Waals surface area contributed by atoms with E-state index in [1.165, 1.54) is 0 Å². The molecule has 0 fully saturated rings. The van der Waals surface area contributed by atoms with Gasteiger partial charge in [0.25, 0.3) is 10.1 Å². The van der Waals surface area contributed by atoms with Crippen molar-refractivity contribution in [1.82, 2.24) is 0 Å². The molecule has 0 aliphatic heterocycles. The third kappa shape index (κ3) is 2.30. The van der Waals surface area contributed by atoms with Crippen molar-refractivity contribution < 1.29 is 18.1 Å². The minimum atomic E-state index is -4.28. The normalized spacial score (nSPS) is 27.0. The van der Waals surface area contributed by atoms with Crippen LogP contribution in [-0.2, 0) is 10.1 Å². The number of aliphatic hydroxyl groups excluding tert-OH is 1. The van der Waals surface area contributed by atoms with Gasteiger partial charge in [0, 0.05) is 5.92 Å². The van der Waals surface area contributed by atoms with E-state index in [1.54, 1.807) is 0 Å². The van der Waals surface area contributed by atoms with Gasteiger partial charge in [-0.3, -0.25) is 4.55 Å². The molecule has 0 spiro atoms. The summed E-state index contributed by atoms with van der Waals surface area (Å²) in [6, 6.07) is 0. The third-order valence-corrected chi connectivity index (χ3v) is 3.01. The standard InChI is InChI=1S/C7H12O4S/c8-7(12(9,10)11)6-4-2-1-3-5-6/h1-2,6-8H,3-5H2,(H,9,10,11). The van der Waals surface area contributed by atoms with Crippen LogP contribution in [0, 0.1) is 5.92 Å². The number of allylic oxidation sites excluding steroid dienone is 2. The molecule has 2 atom stereocenters. The van der Waals surface area contributed by atoms with Gasteiger partial charge in [-0.1, -0.05) is 12.2 Å². The fourth-order valence-electron chi connectivity index (χ4n) is 1.32. The predicted octanol–water partition coefficient (Wildman–Crippen LogP) is 0.549. The quantitative estimate of drug-likeness (QED) is 0.495. The molecular formula is C7H12O4S. The first-order valence-corrected chi connectivity index (χ1v) is 5.31. The van der Waals surface area contributed by atoms with Crippen LogP contribution in [0.25, 0.3) is 0 Å². The van der Waals surface area contributed by atoms with E-state index in [2.05, 4.69) is 0 Å². The van der Waals surface area contributed by atoms with Crippen LogP contribution in [0.2, 0.25) is 0 Å². The Morgan fingerprint density at radius 2 is 2.08 bits per heavy atom. The van der Waals surface area contributed by atoms with E-state index in [9.17, 15) is 8.42 Å². The number of hydrogen-bond donors (Lipinski definition) is 2. The predicted molar refractivity (Wildman–Crippen MR) is 44.0 cm³/mol. The van der Waals surface area contributed by atoms with Gasteiger partial charge in [-0.05, 0) is 19.3 Å². The maximum Gasteiger partial charge on any atom is 0.292 e. The Hall–Kier alpha value is -0.390. The average Bonchev–Trinajstić information content (AvgIpc) is 2.03. The van der Waals surface area contributed by atoms with Crippen LogP contribution < -0.4 is 0 Å². The summed E-state index contributed by atoms with van der Waals surface area (Å²) in [5.74, 6) is -0.356. The fourth-order valence-corrected chi connectivity index (χ4v) is 2.05. The lowest BCUT2D eigenvalue weighted by Gasteiger charge is -2.20. The first kappa shape index (κ1) is 9.70. The van der Waals surface area contributed by atoms with Crippen LogP contribution >= 0.6 is 0 Å². The zero-order valence-electron chi connectivity index (χ0n) is 6.55. The van der Waals surface area contributed by atoms with Gasteiger partial charge in [-0.25, -0.2) is 0 Å². The van der Waals surface area contributed by atoms with E-state index in [-0.39, 0.29) is 5.92 Å². The smallest absolute Gasteiger partial charge is 0.292 e. The monoisotopic (exact) mass is 192 g/mol. The molecule has 70 valence electrons. The molecule has 2 unspecified atom stereocenters. The van der Waals surface area contributed by atoms with Crippen molar-refractivity contribution in [1.29, 1.82) is 0 Å². The first-order valence-electron chi connectivity index (χ1n) is 3.81. The van der Waals surface area contributed by atoms with Crippen molar-refractivity contribution in [2.24, 2.45) is 5.92 Å². The molecule has 0 bridgehead atoms. The van der Waals surface area contributed by atoms with Crippen LogP contribution in [0.4, 0.5) is 0 Å². The Morgan fingerprint density at radius 1 is 1.42 bits per heavy atom. The summed E-state index contributed by atoms with van der Waals surface area (Å²) in [4.78, 5) is 0. The molecule has 12 heavy (non-hydrogen) atoms. The van der Waals surface area contributed by atoms with Gasteiger partial charge in [0.05, 0.1) is 0 Å². The summed E-state index contributed by atoms with van der Waals surface area (Å²) < 4.78 is 29.6. The molecule has 1 aliphatic carbocycles. The molecule has 0 heterocycles. The first-order chi connectivity index (χ1) is 5.52. The van der Waals surface area contributed by atoms with Crippen LogP contribution in [0.15, 0.2) is 12.2 Å². The van der Waals surface area contributed by atoms with E-state index < -0.39 is 15.6 Å². The van der Waals surface area contributed by atoms with Crippen molar-refractivity contribution in [2.45, 2.75) is 24.7 Å². The van der Waals surface area contributed by atoms with Gasteiger partial charge < -0.3 is 5.11 Å². The number of hydrogen-bond acceptors (Lipinski definition) is 3. The highest BCUT2D eigenvalue weighted by Gasteiger charge is 2.29. The summed E-state index contributed by atoms with van der Waals surface area (Å²) in [5, 5.41) is 9.14. The van der Waals surface area contributed by atoms with Crippen LogP contribution in [0.3, 0.4) is 0 Å². The molecule has 0 radical (unpaired) electrons. The second-order valence-electron chi connectivity index (χ2n) is 2.95. The molecule has 0 aromatic rings. The minimum Gasteiger partial charge on any atom is -0.375 e. The third-order valence-electron chi connectivity index (χ3n) is 2.02. The minimum absolute atomic E-state index is 0.356. The van der Waals surface area contributed by atoms with E-state index in [0.29, 0.717) is 12.8 Å². The zero-order chi connectivity index (χ0) is 9.19. The maximum absolute atomic E-state index is 10.5. The molecule has 0 saturated heterocycles. The Morgan fingerprint density at radius 3 is 2.50 bits per heavy atom. The highest BCUT2D eigenvalue weighted by molar-refractivity contribution is 7.86. The fraction of sp³-hybridized carbons (Fsp3) is 0.714. The van der Waals surface area contributed by atoms with Gasteiger partial charge in [-0.15, -0.1) is 0 Å². The van der Waals surface area contributed by atoms with Gasteiger partial charge in [0.1, 0.15) is 0 Å². The molecule has 4 nitrogen and oxygen atoms in total. The molecule has 0 saturated carbocycles. The number of rotatable bonds is 2. The lowest BCUT2D eigenvalue weighted by molar-refractivity contribution is 0.161. The van der Waals surface area contributed by atoms with Gasteiger partial charge in [-0.2, -0.15) is 8.42 Å². The molecule has 0 aromatic heterocycles. The average molecular weight is 192 g/mol. The van der Waals surface area contributed by atoms with Crippen molar-refractivity contribution in [3.8, 4) is 0 Å². The van der Waals surface area contributed by atoms with E-state index in [1.807, 2.05) is 12.2 Å². The van der Waals surface area contributed by atoms with Crippen molar-refractivity contribution in [2.75, 3.05) is 0 Å². The lowest BCUT2D eigenvalue weighted by Crippen LogP contribution is -2.29. The number of aliphatic hydroxyl groups is 1. The second-order valence-corrected chi connectivity index (χ2v) is 4.46. The molecule has 1 rings (SSSR count). The highest BCUT2D eigenvalue weighted by Crippen LogP contribution is 2.23. The Balaban J connectivity index is 2.65. The van der Waals surface area contributed by atoms with Gasteiger partial charge >= 0.3 is 0 Å². The molecule has 1 aliphatic rings. The van der Waals surface area contributed by atoms with E-state index >= 15 is 0 Å². The highest BCUT2D eigenvalue weighted by atomic mass is 32.2. The summed E-state index contributed by atoms with van der Waals surface area (Å²) in [6.45, 7) is 0. The SMILES string of the molecule is O=S(=O)(O)C(O)C1CC=CCC1.